The molecule has 11 nitrogen and oxygen atoms in total. The van der Waals surface area contributed by atoms with Crippen LogP contribution in [0.4, 0.5) is 16.8 Å². The van der Waals surface area contributed by atoms with Crippen molar-refractivity contribution in [3.8, 4) is 10.4 Å². The van der Waals surface area contributed by atoms with Gasteiger partial charge in [0.2, 0.25) is 15.9 Å². The fourth-order valence-electron chi connectivity index (χ4n) is 6.09. The number of carbonyl (C=O) groups is 2. The minimum absolute atomic E-state index is 0.00853. The Hall–Kier alpha value is -3.17. The van der Waals surface area contributed by atoms with Crippen molar-refractivity contribution >= 4 is 58.3 Å². The molecule has 1 saturated carbocycles. The number of anilines is 3. The third kappa shape index (κ3) is 6.50. The van der Waals surface area contributed by atoms with Crippen molar-refractivity contribution in [1.29, 1.82) is 0 Å². The molecule has 14 heteroatoms. The molecule has 3 aromatic rings. The molecule has 3 aliphatic rings. The third-order valence-corrected chi connectivity index (χ3v) is 17.1. The molecule has 0 unspecified atom stereocenters. The molecule has 0 bridgehead atoms. The van der Waals surface area contributed by atoms with Crippen LogP contribution in [0.5, 0.6) is 0 Å². The summed E-state index contributed by atoms with van der Waals surface area (Å²) < 4.78 is 35.3. The van der Waals surface area contributed by atoms with Crippen molar-refractivity contribution in [1.82, 2.24) is 19.6 Å². The van der Waals surface area contributed by atoms with E-state index in [0.29, 0.717) is 59.0 Å². The highest BCUT2D eigenvalue weighted by Crippen LogP contribution is 2.43. The first kappa shape index (κ1) is 33.7. The molecule has 1 aliphatic carbocycles. The molecule has 252 valence electrons. The number of carbonyl (C=O) groups excluding carboxylic acids is 2. The first-order chi connectivity index (χ1) is 22.0. The average molecular weight is 697 g/mol. The van der Waals surface area contributed by atoms with Gasteiger partial charge in [-0.15, -0.1) is 0 Å². The zero-order valence-corrected chi connectivity index (χ0v) is 30.9. The second kappa shape index (κ2) is 12.1. The van der Waals surface area contributed by atoms with E-state index in [4.69, 9.17) is 14.4 Å². The standard InChI is InChI=1S/C33H44N6O5S2Si/c1-19-30(22-14-23-17-38(20(2)21-12-13-21)31(41)29(23)25(15-22)46(42,43)34-6)45-32(35-19)37-26-10-9-11-27(36-26)39-18-24(16-28(39)40)44-47(7,8)33(3,4)5/h9-11,14-15,20-21,24,34H,12-13,16-18H2,1-8H3,(H,35,36,37)/t20-,24+/m0/s1. The maximum absolute atomic E-state index is 13.5. The summed E-state index contributed by atoms with van der Waals surface area (Å²) in [6.07, 6.45) is 2.33. The van der Waals surface area contributed by atoms with Gasteiger partial charge in [0.1, 0.15) is 11.6 Å². The summed E-state index contributed by atoms with van der Waals surface area (Å²) in [6, 6.07) is 9.04. The molecule has 2 amide bonds. The minimum atomic E-state index is -3.91. The normalized spacial score (nSPS) is 19.4. The highest BCUT2D eigenvalue weighted by atomic mass is 32.2. The van der Waals surface area contributed by atoms with E-state index in [0.717, 1.165) is 17.7 Å². The number of amides is 2. The Morgan fingerprint density at radius 2 is 1.85 bits per heavy atom. The number of thiazole rings is 1. The summed E-state index contributed by atoms with van der Waals surface area (Å²) in [5.41, 5.74) is 2.36. The van der Waals surface area contributed by atoms with E-state index in [1.54, 1.807) is 15.9 Å². The van der Waals surface area contributed by atoms with Crippen LogP contribution >= 0.6 is 11.3 Å². The maximum Gasteiger partial charge on any atom is 0.256 e. The first-order valence-electron chi connectivity index (χ1n) is 16.1. The van der Waals surface area contributed by atoms with Gasteiger partial charge in [-0.25, -0.2) is 23.1 Å². The number of aryl methyl sites for hydroxylation is 1. The smallest absolute Gasteiger partial charge is 0.256 e. The zero-order valence-electron chi connectivity index (χ0n) is 28.3. The van der Waals surface area contributed by atoms with Crippen LogP contribution in [0.2, 0.25) is 18.1 Å². The fourth-order valence-corrected chi connectivity index (χ4v) is 9.39. The largest absolute Gasteiger partial charge is 0.412 e. The lowest BCUT2D eigenvalue weighted by Gasteiger charge is -2.38. The van der Waals surface area contributed by atoms with Crippen molar-refractivity contribution in [3.05, 3.63) is 47.2 Å². The summed E-state index contributed by atoms with van der Waals surface area (Å²) in [6.45, 7) is 15.7. The van der Waals surface area contributed by atoms with Gasteiger partial charge in [-0.1, -0.05) is 38.2 Å². The van der Waals surface area contributed by atoms with E-state index in [9.17, 15) is 18.0 Å². The number of sulfonamides is 1. The maximum atomic E-state index is 13.5. The van der Waals surface area contributed by atoms with Gasteiger partial charge in [-0.2, -0.15) is 0 Å². The molecular formula is C33H44N6O5S2Si. The SMILES string of the molecule is CNS(=O)(=O)c1cc(-c2sc(Nc3cccc(N4C[C@H](O[Si](C)(C)C(C)(C)C)CC4=O)n3)nc2C)cc2c1C(=O)N([C@@H](C)C1CC1)C2. The molecule has 1 saturated heterocycles. The lowest BCUT2D eigenvalue weighted by atomic mass is 10.0. The number of hydrogen-bond donors (Lipinski definition) is 2. The van der Waals surface area contributed by atoms with Gasteiger partial charge >= 0.3 is 0 Å². The van der Waals surface area contributed by atoms with E-state index in [2.05, 4.69) is 43.9 Å². The van der Waals surface area contributed by atoms with E-state index in [1.165, 1.54) is 18.4 Å². The number of aromatic nitrogens is 2. The second-order valence-electron chi connectivity index (χ2n) is 14.4. The molecule has 0 radical (unpaired) electrons. The molecule has 47 heavy (non-hydrogen) atoms. The predicted molar refractivity (Wildman–Crippen MR) is 187 cm³/mol. The van der Waals surface area contributed by atoms with Gasteiger partial charge < -0.3 is 14.6 Å². The quantitative estimate of drug-likeness (QED) is 0.245. The van der Waals surface area contributed by atoms with E-state index >= 15 is 0 Å². The Bertz CT molecular complexity index is 1850. The summed E-state index contributed by atoms with van der Waals surface area (Å²) in [5.74, 6) is 1.29. The fraction of sp³-hybridized carbons (Fsp3) is 0.515. The monoisotopic (exact) mass is 696 g/mol. The molecule has 1 aromatic carbocycles. The van der Waals surface area contributed by atoms with Crippen LogP contribution in [0.25, 0.3) is 10.4 Å². The highest BCUT2D eigenvalue weighted by molar-refractivity contribution is 7.89. The number of rotatable bonds is 10. The van der Waals surface area contributed by atoms with Crippen LogP contribution in [-0.2, 0) is 25.8 Å². The molecule has 0 spiro atoms. The lowest BCUT2D eigenvalue weighted by Crippen LogP contribution is -2.44. The molecule has 2 aromatic heterocycles. The van der Waals surface area contributed by atoms with Gasteiger partial charge in [-0.05, 0) is 93.2 Å². The molecule has 4 heterocycles. The Morgan fingerprint density at radius 3 is 2.51 bits per heavy atom. The predicted octanol–water partition coefficient (Wildman–Crippen LogP) is 6.05. The van der Waals surface area contributed by atoms with E-state index < -0.39 is 18.3 Å². The number of benzene rings is 1. The molecule has 2 atom stereocenters. The molecule has 2 aliphatic heterocycles. The Balaban J connectivity index is 1.24. The van der Waals surface area contributed by atoms with Crippen LogP contribution in [0.1, 0.15) is 68.6 Å². The molecular weight excluding hydrogens is 653 g/mol. The Labute approximate surface area is 282 Å². The summed E-state index contributed by atoms with van der Waals surface area (Å²) >= 11 is 1.38. The van der Waals surface area contributed by atoms with Crippen molar-refractivity contribution in [2.24, 2.45) is 5.92 Å². The highest BCUT2D eigenvalue weighted by Gasteiger charge is 2.43. The lowest BCUT2D eigenvalue weighted by molar-refractivity contribution is -0.117. The van der Waals surface area contributed by atoms with Crippen molar-refractivity contribution in [2.75, 3.05) is 23.8 Å². The molecule has 2 fully saturated rings. The van der Waals surface area contributed by atoms with Gasteiger partial charge in [0, 0.05) is 12.6 Å². The summed E-state index contributed by atoms with van der Waals surface area (Å²) in [4.78, 5) is 40.3. The first-order valence-corrected chi connectivity index (χ1v) is 21.3. The van der Waals surface area contributed by atoms with Crippen molar-refractivity contribution < 1.29 is 22.4 Å². The summed E-state index contributed by atoms with van der Waals surface area (Å²) in [7, 11) is -4.59. The zero-order chi connectivity index (χ0) is 34.1. The van der Waals surface area contributed by atoms with Crippen LogP contribution < -0.4 is 14.9 Å². The van der Waals surface area contributed by atoms with Gasteiger partial charge in [0.15, 0.2) is 13.4 Å². The summed E-state index contributed by atoms with van der Waals surface area (Å²) in [5, 5.41) is 3.90. The van der Waals surface area contributed by atoms with Gasteiger partial charge in [-0.3, -0.25) is 14.5 Å². The van der Waals surface area contributed by atoms with Crippen LogP contribution in [0.15, 0.2) is 35.2 Å². The third-order valence-electron chi connectivity index (χ3n) is 10.0. The van der Waals surface area contributed by atoms with Crippen LogP contribution in [0.3, 0.4) is 0 Å². The van der Waals surface area contributed by atoms with Crippen molar-refractivity contribution in [3.63, 3.8) is 0 Å². The van der Waals surface area contributed by atoms with E-state index in [-0.39, 0.29) is 39.5 Å². The van der Waals surface area contributed by atoms with E-state index in [1.807, 2.05) is 38.1 Å². The molecule has 2 N–H and O–H groups in total. The Morgan fingerprint density at radius 1 is 1.13 bits per heavy atom. The number of nitrogens with zero attached hydrogens (tertiary/aromatic N) is 4. The van der Waals surface area contributed by atoms with Crippen LogP contribution in [-0.4, -0.2) is 69.2 Å². The second-order valence-corrected chi connectivity index (χ2v) is 22.0. The number of hydrogen-bond acceptors (Lipinski definition) is 9. The van der Waals surface area contributed by atoms with Gasteiger partial charge in [0.05, 0.1) is 40.1 Å². The van der Waals surface area contributed by atoms with Crippen LogP contribution in [0, 0.1) is 12.8 Å². The van der Waals surface area contributed by atoms with Crippen molar-refractivity contribution in [2.45, 2.75) is 95.6 Å². The molecule has 6 rings (SSSR count). The average Bonchev–Trinajstić information content (AvgIpc) is 3.59. The Kier molecular flexibility index (Phi) is 8.65. The van der Waals surface area contributed by atoms with Gasteiger partial charge in [0.25, 0.3) is 5.91 Å². The number of fused-ring (bicyclic) bond motifs is 1. The minimum Gasteiger partial charge on any atom is -0.412 e. The number of nitrogens with one attached hydrogen (secondary N) is 2. The number of pyridine rings is 1. The topological polar surface area (TPSA) is 134 Å².